The minimum atomic E-state index is -0.732. The van der Waals surface area contributed by atoms with Crippen molar-refractivity contribution in [1.29, 1.82) is 0 Å². The van der Waals surface area contributed by atoms with Crippen molar-refractivity contribution in [2.24, 2.45) is 5.41 Å². The maximum atomic E-state index is 12.2. The first kappa shape index (κ1) is 25.2. The molecule has 1 saturated heterocycles. The second-order valence-electron chi connectivity index (χ2n) is 11.0. The van der Waals surface area contributed by atoms with E-state index in [1.807, 2.05) is 20.8 Å². The van der Waals surface area contributed by atoms with Gasteiger partial charge in [0.25, 0.3) is 0 Å². The molecule has 0 bridgehead atoms. The number of piperazine rings is 1. The van der Waals surface area contributed by atoms with Crippen molar-refractivity contribution in [3.05, 3.63) is 95.6 Å². The van der Waals surface area contributed by atoms with E-state index in [-0.39, 0.29) is 17.5 Å². The fraction of sp³-hybridized carbons (Fsp3) is 0.387. The molecule has 0 amide bonds. The van der Waals surface area contributed by atoms with Gasteiger partial charge in [-0.05, 0) is 41.5 Å². The van der Waals surface area contributed by atoms with E-state index >= 15 is 0 Å². The number of aryl methyl sites for hydroxylation is 1. The van der Waals surface area contributed by atoms with Gasteiger partial charge < -0.3 is 5.11 Å². The van der Waals surface area contributed by atoms with Gasteiger partial charge in [-0.2, -0.15) is 0 Å². The molecule has 35 heavy (non-hydrogen) atoms. The normalized spacial score (nSPS) is 19.3. The van der Waals surface area contributed by atoms with Crippen LogP contribution in [0.1, 0.15) is 50.4 Å². The van der Waals surface area contributed by atoms with Gasteiger partial charge in [-0.15, -0.1) is 0 Å². The van der Waals surface area contributed by atoms with Crippen molar-refractivity contribution in [3.63, 3.8) is 0 Å². The predicted octanol–water partition coefficient (Wildman–Crippen LogP) is 6.26. The molecule has 0 spiro atoms. The zero-order valence-electron chi connectivity index (χ0n) is 21.6. The van der Waals surface area contributed by atoms with Crippen LogP contribution in [0.2, 0.25) is 0 Å². The standard InChI is InChI=1S/C31H38N2O2/c1-22-11-13-24(14-12-22)25-15-17-27(18-16-25)28(26-9-7-6-8-10-26)32-19-20-33(23(2)21-32)29(30(34)35)31(3,4)5/h6-18,23,28-29H,19-21H2,1-5H3,(H,34,35)/t23-,28-,29?/m1/s1. The molecule has 0 aliphatic carbocycles. The summed E-state index contributed by atoms with van der Waals surface area (Å²) in [5.41, 5.74) is 5.91. The van der Waals surface area contributed by atoms with Gasteiger partial charge in [-0.25, -0.2) is 0 Å². The average molecular weight is 471 g/mol. The maximum Gasteiger partial charge on any atom is 0.321 e. The third-order valence-electron chi connectivity index (χ3n) is 7.19. The van der Waals surface area contributed by atoms with Gasteiger partial charge in [-0.1, -0.05) is 105 Å². The molecule has 4 rings (SSSR count). The molecule has 3 aromatic carbocycles. The van der Waals surface area contributed by atoms with Crippen LogP contribution in [0.4, 0.5) is 0 Å². The van der Waals surface area contributed by atoms with E-state index in [0.717, 1.165) is 19.6 Å². The van der Waals surface area contributed by atoms with Crippen LogP contribution >= 0.6 is 0 Å². The quantitative estimate of drug-likeness (QED) is 0.462. The average Bonchev–Trinajstić information content (AvgIpc) is 2.81. The van der Waals surface area contributed by atoms with Gasteiger partial charge in [0.05, 0.1) is 6.04 Å². The molecule has 0 radical (unpaired) electrons. The van der Waals surface area contributed by atoms with E-state index in [2.05, 4.69) is 103 Å². The largest absolute Gasteiger partial charge is 0.480 e. The molecule has 1 aliphatic heterocycles. The molecule has 1 fully saturated rings. The minimum Gasteiger partial charge on any atom is -0.480 e. The van der Waals surface area contributed by atoms with Crippen molar-refractivity contribution in [2.45, 2.75) is 52.7 Å². The van der Waals surface area contributed by atoms with E-state index in [4.69, 9.17) is 0 Å². The summed E-state index contributed by atoms with van der Waals surface area (Å²) in [6, 6.07) is 28.0. The Morgan fingerprint density at radius 2 is 1.40 bits per heavy atom. The topological polar surface area (TPSA) is 43.8 Å². The van der Waals surface area contributed by atoms with Gasteiger partial charge in [-0.3, -0.25) is 14.6 Å². The molecule has 1 heterocycles. The number of carboxylic acid groups (broad SMARTS) is 1. The SMILES string of the molecule is Cc1ccc(-c2ccc([C@@H](c3ccccc3)N3CCN(C(C(=O)O)C(C)(C)C)[C@H](C)C3)cc2)cc1. The molecule has 4 nitrogen and oxygen atoms in total. The number of hydrogen-bond acceptors (Lipinski definition) is 3. The highest BCUT2D eigenvalue weighted by molar-refractivity contribution is 5.74. The van der Waals surface area contributed by atoms with E-state index in [1.54, 1.807) is 0 Å². The van der Waals surface area contributed by atoms with E-state index < -0.39 is 12.0 Å². The summed E-state index contributed by atoms with van der Waals surface area (Å²) in [7, 11) is 0. The van der Waals surface area contributed by atoms with Crippen LogP contribution in [0.5, 0.6) is 0 Å². The number of carbonyl (C=O) groups is 1. The summed E-state index contributed by atoms with van der Waals surface area (Å²) in [5, 5.41) is 9.99. The van der Waals surface area contributed by atoms with Crippen molar-refractivity contribution >= 4 is 5.97 Å². The van der Waals surface area contributed by atoms with Crippen LogP contribution in [-0.2, 0) is 4.79 Å². The van der Waals surface area contributed by atoms with Gasteiger partial charge in [0, 0.05) is 25.7 Å². The van der Waals surface area contributed by atoms with Crippen LogP contribution in [0, 0.1) is 12.3 Å². The van der Waals surface area contributed by atoms with Crippen LogP contribution in [0.3, 0.4) is 0 Å². The summed E-state index contributed by atoms with van der Waals surface area (Å²) >= 11 is 0. The summed E-state index contributed by atoms with van der Waals surface area (Å²) in [6.45, 7) is 12.7. The molecule has 3 atom stereocenters. The lowest BCUT2D eigenvalue weighted by molar-refractivity contribution is -0.150. The lowest BCUT2D eigenvalue weighted by atomic mass is 9.84. The van der Waals surface area contributed by atoms with E-state index in [1.165, 1.54) is 27.8 Å². The zero-order chi connectivity index (χ0) is 25.2. The second-order valence-corrected chi connectivity index (χ2v) is 11.0. The van der Waals surface area contributed by atoms with Crippen LogP contribution < -0.4 is 0 Å². The van der Waals surface area contributed by atoms with Crippen molar-refractivity contribution in [3.8, 4) is 11.1 Å². The van der Waals surface area contributed by atoms with Gasteiger partial charge in [0.2, 0.25) is 0 Å². The Bertz CT molecular complexity index is 1120. The summed E-state index contributed by atoms with van der Waals surface area (Å²) < 4.78 is 0. The Hall–Kier alpha value is -2.95. The molecule has 3 aromatic rings. The third kappa shape index (κ3) is 5.66. The van der Waals surface area contributed by atoms with E-state index in [9.17, 15) is 9.90 Å². The van der Waals surface area contributed by atoms with Gasteiger partial charge in [0.15, 0.2) is 0 Å². The van der Waals surface area contributed by atoms with Crippen molar-refractivity contribution in [1.82, 2.24) is 9.80 Å². The van der Waals surface area contributed by atoms with E-state index in [0.29, 0.717) is 0 Å². The van der Waals surface area contributed by atoms with Crippen molar-refractivity contribution < 1.29 is 9.90 Å². The molecular weight excluding hydrogens is 432 g/mol. The molecular formula is C31H38N2O2. The minimum absolute atomic E-state index is 0.130. The fourth-order valence-corrected chi connectivity index (χ4v) is 5.48. The first-order valence-electron chi connectivity index (χ1n) is 12.6. The Morgan fingerprint density at radius 1 is 0.857 bits per heavy atom. The Morgan fingerprint density at radius 3 is 1.91 bits per heavy atom. The number of nitrogens with zero attached hydrogens (tertiary/aromatic N) is 2. The Balaban J connectivity index is 1.61. The van der Waals surface area contributed by atoms with Crippen LogP contribution in [-0.4, -0.2) is 52.6 Å². The molecule has 1 aliphatic rings. The summed E-state index contributed by atoms with van der Waals surface area (Å²) in [4.78, 5) is 16.9. The predicted molar refractivity (Wildman–Crippen MR) is 144 cm³/mol. The van der Waals surface area contributed by atoms with Crippen LogP contribution in [0.25, 0.3) is 11.1 Å². The van der Waals surface area contributed by atoms with Crippen molar-refractivity contribution in [2.75, 3.05) is 19.6 Å². The number of benzene rings is 3. The molecule has 0 aromatic heterocycles. The first-order valence-corrected chi connectivity index (χ1v) is 12.6. The zero-order valence-corrected chi connectivity index (χ0v) is 21.6. The lowest BCUT2D eigenvalue weighted by Crippen LogP contribution is -2.61. The first-order chi connectivity index (χ1) is 16.6. The highest BCUT2D eigenvalue weighted by atomic mass is 16.4. The summed E-state index contributed by atoms with van der Waals surface area (Å²) in [5.74, 6) is -0.732. The maximum absolute atomic E-state index is 12.2. The number of hydrogen-bond donors (Lipinski definition) is 1. The van der Waals surface area contributed by atoms with Gasteiger partial charge >= 0.3 is 5.97 Å². The Labute approximate surface area is 210 Å². The second kappa shape index (κ2) is 10.3. The van der Waals surface area contributed by atoms with Crippen LogP contribution in [0.15, 0.2) is 78.9 Å². The molecule has 1 unspecified atom stereocenters. The highest BCUT2D eigenvalue weighted by Crippen LogP contribution is 2.34. The van der Waals surface area contributed by atoms with Gasteiger partial charge in [0.1, 0.15) is 6.04 Å². The Kier molecular flexibility index (Phi) is 7.44. The summed E-state index contributed by atoms with van der Waals surface area (Å²) in [6.07, 6.45) is 0. The smallest absolute Gasteiger partial charge is 0.321 e. The molecule has 0 saturated carbocycles. The fourth-order valence-electron chi connectivity index (χ4n) is 5.48. The molecule has 1 N–H and O–H groups in total. The number of aliphatic carboxylic acids is 1. The highest BCUT2D eigenvalue weighted by Gasteiger charge is 2.41. The number of carboxylic acids is 1. The molecule has 4 heteroatoms. The number of rotatable bonds is 6. The monoisotopic (exact) mass is 470 g/mol. The lowest BCUT2D eigenvalue weighted by Gasteiger charge is -2.48. The third-order valence-corrected chi connectivity index (χ3v) is 7.19. The molecule has 184 valence electrons.